The molecule has 1 aromatic rings. The molecule has 0 amide bonds. The molecule has 1 aromatic carbocycles. The smallest absolute Gasteiger partial charge is 0.338 e. The highest BCUT2D eigenvalue weighted by molar-refractivity contribution is 5.91. The average molecular weight is 317 g/mol. The van der Waals surface area contributed by atoms with Crippen LogP contribution in [0, 0.1) is 0 Å². The molecular weight excluding hydrogens is 294 g/mol. The van der Waals surface area contributed by atoms with Gasteiger partial charge in [0.05, 0.1) is 25.8 Å². The van der Waals surface area contributed by atoms with Crippen LogP contribution in [0.25, 0.3) is 0 Å². The number of hydrogen-bond acceptors (Lipinski definition) is 5. The molecule has 0 aliphatic rings. The van der Waals surface area contributed by atoms with E-state index in [1.54, 1.807) is 31.3 Å². The van der Waals surface area contributed by atoms with Crippen LogP contribution in [0.1, 0.15) is 36.7 Å². The third-order valence-electron chi connectivity index (χ3n) is 2.97. The molecule has 0 N–H and O–H groups in total. The molecule has 0 spiro atoms. The van der Waals surface area contributed by atoms with Crippen molar-refractivity contribution in [3.63, 3.8) is 0 Å². The number of benzene rings is 1. The topological polar surface area (TPSA) is 65.0 Å². The molecule has 124 valence electrons. The SMILES string of the molecule is CCOC(=O)c1ccc(CC(=O)CN=CC=C(C)C)c(OC)c1. The monoisotopic (exact) mass is 317 g/mol. The summed E-state index contributed by atoms with van der Waals surface area (Å²) < 4.78 is 10.2. The van der Waals surface area contributed by atoms with E-state index in [1.807, 2.05) is 19.9 Å². The average Bonchev–Trinajstić information content (AvgIpc) is 2.52. The minimum atomic E-state index is -0.407. The lowest BCUT2D eigenvalue weighted by molar-refractivity contribution is -0.117. The fourth-order valence-corrected chi connectivity index (χ4v) is 1.86. The molecule has 0 fully saturated rings. The lowest BCUT2D eigenvalue weighted by atomic mass is 10.0. The van der Waals surface area contributed by atoms with E-state index in [9.17, 15) is 9.59 Å². The lowest BCUT2D eigenvalue weighted by Crippen LogP contribution is -2.09. The summed E-state index contributed by atoms with van der Waals surface area (Å²) in [4.78, 5) is 27.7. The molecule has 0 radical (unpaired) electrons. The van der Waals surface area contributed by atoms with Crippen LogP contribution in [0.4, 0.5) is 0 Å². The number of nitrogens with zero attached hydrogens (tertiary/aromatic N) is 1. The van der Waals surface area contributed by atoms with E-state index in [-0.39, 0.29) is 18.7 Å². The van der Waals surface area contributed by atoms with Crippen molar-refractivity contribution in [2.24, 2.45) is 4.99 Å². The van der Waals surface area contributed by atoms with Gasteiger partial charge in [-0.15, -0.1) is 0 Å². The summed E-state index contributed by atoms with van der Waals surface area (Å²) in [5, 5.41) is 0. The van der Waals surface area contributed by atoms with Crippen LogP contribution in [0.2, 0.25) is 0 Å². The highest BCUT2D eigenvalue weighted by atomic mass is 16.5. The van der Waals surface area contributed by atoms with E-state index >= 15 is 0 Å². The van der Waals surface area contributed by atoms with Crippen LogP contribution in [-0.4, -0.2) is 38.2 Å². The Labute approximate surface area is 137 Å². The molecule has 0 aliphatic carbocycles. The van der Waals surface area contributed by atoms with Gasteiger partial charge in [-0.2, -0.15) is 0 Å². The van der Waals surface area contributed by atoms with Gasteiger partial charge in [0.2, 0.25) is 0 Å². The number of aliphatic imine (C=N–C) groups is 1. The molecule has 0 unspecified atom stereocenters. The molecule has 5 nitrogen and oxygen atoms in total. The van der Waals surface area contributed by atoms with Crippen LogP contribution in [-0.2, 0) is 16.0 Å². The minimum absolute atomic E-state index is 0.0226. The quantitative estimate of drug-likeness (QED) is 0.546. The Morgan fingerprint density at radius 1 is 1.26 bits per heavy atom. The highest BCUT2D eigenvalue weighted by Crippen LogP contribution is 2.21. The van der Waals surface area contributed by atoms with Gasteiger partial charge in [0.1, 0.15) is 5.75 Å². The largest absolute Gasteiger partial charge is 0.496 e. The zero-order valence-electron chi connectivity index (χ0n) is 14.1. The van der Waals surface area contributed by atoms with E-state index in [4.69, 9.17) is 9.47 Å². The Morgan fingerprint density at radius 3 is 2.61 bits per heavy atom. The number of allylic oxidation sites excluding steroid dienone is 2. The van der Waals surface area contributed by atoms with Crippen molar-refractivity contribution < 1.29 is 19.1 Å². The second-order valence-electron chi connectivity index (χ2n) is 5.20. The number of ether oxygens (including phenoxy) is 2. The number of carbonyl (C=O) groups excluding carboxylic acids is 2. The van der Waals surface area contributed by atoms with Gasteiger partial charge in [-0.3, -0.25) is 9.79 Å². The van der Waals surface area contributed by atoms with E-state index < -0.39 is 5.97 Å². The van der Waals surface area contributed by atoms with Crippen molar-refractivity contribution in [1.29, 1.82) is 0 Å². The normalized spacial score (nSPS) is 10.4. The number of hydrogen-bond donors (Lipinski definition) is 0. The second-order valence-corrected chi connectivity index (χ2v) is 5.20. The van der Waals surface area contributed by atoms with Crippen molar-refractivity contribution in [3.05, 3.63) is 41.0 Å². The fourth-order valence-electron chi connectivity index (χ4n) is 1.86. The molecule has 0 aliphatic heterocycles. The van der Waals surface area contributed by atoms with Gasteiger partial charge < -0.3 is 9.47 Å². The number of rotatable bonds is 8. The first kappa shape index (κ1) is 18.6. The van der Waals surface area contributed by atoms with Gasteiger partial charge in [-0.25, -0.2) is 4.79 Å². The predicted molar refractivity (Wildman–Crippen MR) is 90.5 cm³/mol. The Kier molecular flexibility index (Phi) is 7.74. The molecule has 5 heteroatoms. The molecule has 0 saturated heterocycles. The lowest BCUT2D eigenvalue weighted by Gasteiger charge is -2.09. The first-order valence-electron chi connectivity index (χ1n) is 7.47. The van der Waals surface area contributed by atoms with Gasteiger partial charge in [-0.1, -0.05) is 11.6 Å². The molecule has 23 heavy (non-hydrogen) atoms. The van der Waals surface area contributed by atoms with Crippen molar-refractivity contribution in [3.8, 4) is 5.75 Å². The number of esters is 1. The Hall–Kier alpha value is -2.43. The highest BCUT2D eigenvalue weighted by Gasteiger charge is 2.13. The first-order valence-corrected chi connectivity index (χ1v) is 7.47. The van der Waals surface area contributed by atoms with Crippen molar-refractivity contribution in [2.75, 3.05) is 20.3 Å². The number of Topliss-reactive ketones (excluding diaryl/α,β-unsaturated/α-hetero) is 1. The third-order valence-corrected chi connectivity index (χ3v) is 2.97. The van der Waals surface area contributed by atoms with E-state index in [1.165, 1.54) is 7.11 Å². The Bertz CT molecular complexity index is 613. The van der Waals surface area contributed by atoms with Gasteiger partial charge >= 0.3 is 5.97 Å². The maximum atomic E-state index is 12.0. The molecule has 0 aromatic heterocycles. The van der Waals surface area contributed by atoms with Gasteiger partial charge in [0.25, 0.3) is 0 Å². The van der Waals surface area contributed by atoms with Crippen LogP contribution < -0.4 is 4.74 Å². The van der Waals surface area contributed by atoms with E-state index in [0.717, 1.165) is 11.1 Å². The molecule has 0 heterocycles. The molecule has 1 rings (SSSR count). The third kappa shape index (κ3) is 6.46. The molecule has 0 saturated carbocycles. The Balaban J connectivity index is 2.76. The summed E-state index contributed by atoms with van der Waals surface area (Å²) >= 11 is 0. The zero-order valence-corrected chi connectivity index (χ0v) is 14.1. The maximum absolute atomic E-state index is 12.0. The summed E-state index contributed by atoms with van der Waals surface area (Å²) in [6.45, 7) is 6.10. The van der Waals surface area contributed by atoms with Gasteiger partial charge in [0, 0.05) is 18.2 Å². The standard InChI is InChI=1S/C18H23NO4/c1-5-23-18(21)15-7-6-14(17(11-15)22-4)10-16(20)12-19-9-8-13(2)3/h6-9,11H,5,10,12H2,1-4H3. The van der Waals surface area contributed by atoms with Gasteiger partial charge in [0.15, 0.2) is 5.78 Å². The summed E-state index contributed by atoms with van der Waals surface area (Å²) in [5.74, 6) is 0.0674. The van der Waals surface area contributed by atoms with Crippen LogP contribution in [0.3, 0.4) is 0 Å². The van der Waals surface area contributed by atoms with Crippen LogP contribution in [0.15, 0.2) is 34.8 Å². The summed E-state index contributed by atoms with van der Waals surface area (Å²) in [5.41, 5.74) is 2.25. The number of methoxy groups -OCH3 is 1. The van der Waals surface area contributed by atoms with Crippen LogP contribution >= 0.6 is 0 Å². The number of carbonyl (C=O) groups is 2. The van der Waals surface area contributed by atoms with Crippen molar-refractivity contribution in [1.82, 2.24) is 0 Å². The van der Waals surface area contributed by atoms with Crippen LogP contribution in [0.5, 0.6) is 5.75 Å². The maximum Gasteiger partial charge on any atom is 0.338 e. The second kappa shape index (κ2) is 9.56. The molecular formula is C18H23NO4. The summed E-state index contributed by atoms with van der Waals surface area (Å²) in [6, 6.07) is 4.94. The zero-order chi connectivity index (χ0) is 17.2. The summed E-state index contributed by atoms with van der Waals surface area (Å²) in [6.07, 6.45) is 3.69. The van der Waals surface area contributed by atoms with Crippen molar-refractivity contribution in [2.45, 2.75) is 27.2 Å². The minimum Gasteiger partial charge on any atom is -0.496 e. The van der Waals surface area contributed by atoms with E-state index in [2.05, 4.69) is 4.99 Å². The fraction of sp³-hybridized carbons (Fsp3) is 0.389. The predicted octanol–water partition coefficient (Wildman–Crippen LogP) is 3.02. The first-order chi connectivity index (χ1) is 11.0. The van der Waals surface area contributed by atoms with Crippen molar-refractivity contribution >= 4 is 18.0 Å². The summed E-state index contributed by atoms with van der Waals surface area (Å²) in [7, 11) is 1.51. The Morgan fingerprint density at radius 2 is 2.00 bits per heavy atom. The van der Waals surface area contributed by atoms with Gasteiger partial charge in [-0.05, 0) is 39.0 Å². The number of ketones is 1. The molecule has 0 atom stereocenters. The van der Waals surface area contributed by atoms with E-state index in [0.29, 0.717) is 17.9 Å². The molecule has 0 bridgehead atoms.